The van der Waals surface area contributed by atoms with Gasteiger partial charge in [0.05, 0.1) is 16.4 Å². The third-order valence-electron chi connectivity index (χ3n) is 2.69. The number of nitrogens with one attached hydrogen (secondary N) is 1. The lowest BCUT2D eigenvalue weighted by Gasteiger charge is -2.07. The van der Waals surface area contributed by atoms with E-state index in [0.29, 0.717) is 0 Å². The fourth-order valence-corrected chi connectivity index (χ4v) is 1.97. The molecular formula is C12H22ClN3. The molecule has 0 aliphatic carbocycles. The third kappa shape index (κ3) is 3.49. The molecule has 0 spiro atoms. The molecule has 0 atom stereocenters. The summed E-state index contributed by atoms with van der Waals surface area (Å²) < 4.78 is 1.88. The molecule has 0 aromatic carbocycles. The summed E-state index contributed by atoms with van der Waals surface area (Å²) in [6, 6.07) is 0. The van der Waals surface area contributed by atoms with Gasteiger partial charge >= 0.3 is 0 Å². The summed E-state index contributed by atoms with van der Waals surface area (Å²) in [5.74, 6) is 0.737. The number of hydrogen-bond acceptors (Lipinski definition) is 2. The van der Waals surface area contributed by atoms with Crippen LogP contribution >= 0.6 is 11.6 Å². The molecule has 1 heterocycles. The number of aryl methyl sites for hydroxylation is 2. The predicted octanol–water partition coefficient (Wildman–Crippen LogP) is 2.77. The van der Waals surface area contributed by atoms with E-state index in [-0.39, 0.29) is 0 Å². The zero-order valence-electron chi connectivity index (χ0n) is 10.7. The monoisotopic (exact) mass is 243 g/mol. The molecule has 0 fully saturated rings. The van der Waals surface area contributed by atoms with Crippen LogP contribution in [0.4, 0.5) is 0 Å². The quantitative estimate of drug-likeness (QED) is 0.779. The molecule has 92 valence electrons. The summed E-state index contributed by atoms with van der Waals surface area (Å²) in [6.07, 6.45) is 2.08. The minimum Gasteiger partial charge on any atom is -0.311 e. The minimum absolute atomic E-state index is 0.737. The summed E-state index contributed by atoms with van der Waals surface area (Å²) in [7, 11) is 1.95. The lowest BCUT2D eigenvalue weighted by molar-refractivity contribution is 0.527. The maximum Gasteiger partial charge on any atom is 0.0863 e. The van der Waals surface area contributed by atoms with Crippen molar-refractivity contribution in [3.8, 4) is 0 Å². The van der Waals surface area contributed by atoms with Gasteiger partial charge in [0, 0.05) is 13.6 Å². The van der Waals surface area contributed by atoms with Crippen molar-refractivity contribution in [3.63, 3.8) is 0 Å². The summed E-state index contributed by atoms with van der Waals surface area (Å²) in [5, 5.41) is 8.62. The standard InChI is InChI=1S/C12H22ClN3/c1-5-10-12(13)11(16(4)15-10)8-14-7-6-9(2)3/h9,14H,5-8H2,1-4H3. The minimum atomic E-state index is 0.737. The van der Waals surface area contributed by atoms with E-state index in [2.05, 4.69) is 31.2 Å². The summed E-state index contributed by atoms with van der Waals surface area (Å²) in [6.45, 7) is 8.36. The van der Waals surface area contributed by atoms with Gasteiger partial charge in [-0.3, -0.25) is 4.68 Å². The van der Waals surface area contributed by atoms with E-state index in [4.69, 9.17) is 11.6 Å². The molecule has 0 aliphatic rings. The van der Waals surface area contributed by atoms with Gasteiger partial charge in [0.15, 0.2) is 0 Å². The van der Waals surface area contributed by atoms with E-state index < -0.39 is 0 Å². The average molecular weight is 244 g/mol. The van der Waals surface area contributed by atoms with Crippen LogP contribution in [0.15, 0.2) is 0 Å². The van der Waals surface area contributed by atoms with Crippen LogP contribution in [0.5, 0.6) is 0 Å². The van der Waals surface area contributed by atoms with Crippen molar-refractivity contribution in [2.45, 2.75) is 40.2 Å². The van der Waals surface area contributed by atoms with Crippen LogP contribution in [-0.4, -0.2) is 16.3 Å². The van der Waals surface area contributed by atoms with Crippen molar-refractivity contribution in [1.82, 2.24) is 15.1 Å². The normalized spacial score (nSPS) is 11.4. The lowest BCUT2D eigenvalue weighted by Crippen LogP contribution is -2.18. The van der Waals surface area contributed by atoms with Crippen molar-refractivity contribution in [3.05, 3.63) is 16.4 Å². The molecule has 0 radical (unpaired) electrons. The molecule has 16 heavy (non-hydrogen) atoms. The SMILES string of the molecule is CCc1nn(C)c(CNCCC(C)C)c1Cl. The van der Waals surface area contributed by atoms with Gasteiger partial charge in [-0.2, -0.15) is 5.10 Å². The van der Waals surface area contributed by atoms with E-state index in [0.717, 1.165) is 41.8 Å². The van der Waals surface area contributed by atoms with E-state index in [1.54, 1.807) is 0 Å². The topological polar surface area (TPSA) is 29.9 Å². The Labute approximate surface area is 103 Å². The zero-order chi connectivity index (χ0) is 12.1. The van der Waals surface area contributed by atoms with Crippen LogP contribution in [0.2, 0.25) is 5.02 Å². The summed E-state index contributed by atoms with van der Waals surface area (Å²) >= 11 is 6.25. The Morgan fingerprint density at radius 3 is 2.62 bits per heavy atom. The molecule has 1 aromatic heterocycles. The molecule has 1 rings (SSSR count). The van der Waals surface area contributed by atoms with Crippen molar-refractivity contribution >= 4 is 11.6 Å². The highest BCUT2D eigenvalue weighted by Gasteiger charge is 2.11. The van der Waals surface area contributed by atoms with Crippen molar-refractivity contribution in [2.24, 2.45) is 13.0 Å². The van der Waals surface area contributed by atoms with E-state index in [1.807, 2.05) is 11.7 Å². The lowest BCUT2D eigenvalue weighted by atomic mass is 10.1. The van der Waals surface area contributed by atoms with E-state index in [9.17, 15) is 0 Å². The van der Waals surface area contributed by atoms with Gasteiger partial charge in [-0.15, -0.1) is 0 Å². The van der Waals surface area contributed by atoms with Crippen LogP contribution < -0.4 is 5.32 Å². The predicted molar refractivity (Wildman–Crippen MR) is 68.8 cm³/mol. The zero-order valence-corrected chi connectivity index (χ0v) is 11.4. The number of nitrogens with zero attached hydrogens (tertiary/aromatic N) is 2. The first-order chi connectivity index (χ1) is 7.56. The van der Waals surface area contributed by atoms with Crippen molar-refractivity contribution in [2.75, 3.05) is 6.54 Å². The molecule has 0 aliphatic heterocycles. The van der Waals surface area contributed by atoms with Gasteiger partial charge in [-0.1, -0.05) is 32.4 Å². The number of hydrogen-bond donors (Lipinski definition) is 1. The molecule has 0 unspecified atom stereocenters. The van der Waals surface area contributed by atoms with E-state index >= 15 is 0 Å². The van der Waals surface area contributed by atoms with Gasteiger partial charge in [0.2, 0.25) is 0 Å². The average Bonchev–Trinajstić information content (AvgIpc) is 2.50. The molecule has 0 bridgehead atoms. The summed E-state index contributed by atoms with van der Waals surface area (Å²) in [4.78, 5) is 0. The Morgan fingerprint density at radius 2 is 2.12 bits per heavy atom. The molecule has 1 N–H and O–H groups in total. The largest absolute Gasteiger partial charge is 0.311 e. The van der Waals surface area contributed by atoms with Gasteiger partial charge < -0.3 is 5.32 Å². The van der Waals surface area contributed by atoms with Crippen molar-refractivity contribution in [1.29, 1.82) is 0 Å². The first-order valence-corrected chi connectivity index (χ1v) is 6.35. The molecular weight excluding hydrogens is 222 g/mol. The van der Waals surface area contributed by atoms with Gasteiger partial charge in [-0.25, -0.2) is 0 Å². The third-order valence-corrected chi connectivity index (χ3v) is 3.13. The number of aromatic nitrogens is 2. The molecule has 3 nitrogen and oxygen atoms in total. The highest BCUT2D eigenvalue weighted by Crippen LogP contribution is 2.20. The van der Waals surface area contributed by atoms with Gasteiger partial charge in [0.25, 0.3) is 0 Å². The van der Waals surface area contributed by atoms with Crippen LogP contribution in [0, 0.1) is 5.92 Å². The van der Waals surface area contributed by atoms with E-state index in [1.165, 1.54) is 6.42 Å². The molecule has 0 amide bonds. The second-order valence-electron chi connectivity index (χ2n) is 4.54. The maximum absolute atomic E-state index is 6.25. The maximum atomic E-state index is 6.25. The second-order valence-corrected chi connectivity index (χ2v) is 4.92. The van der Waals surface area contributed by atoms with Crippen LogP contribution in [0.1, 0.15) is 38.6 Å². The fourth-order valence-electron chi connectivity index (χ4n) is 1.61. The van der Waals surface area contributed by atoms with Gasteiger partial charge in [0.1, 0.15) is 0 Å². The van der Waals surface area contributed by atoms with Crippen LogP contribution in [0.25, 0.3) is 0 Å². The Kier molecular flexibility index (Phi) is 5.29. The smallest absolute Gasteiger partial charge is 0.0863 e. The Morgan fingerprint density at radius 1 is 1.44 bits per heavy atom. The highest BCUT2D eigenvalue weighted by molar-refractivity contribution is 6.31. The molecule has 1 aromatic rings. The van der Waals surface area contributed by atoms with Crippen molar-refractivity contribution < 1.29 is 0 Å². The Bertz CT molecular complexity index is 331. The molecule has 4 heteroatoms. The van der Waals surface area contributed by atoms with Gasteiger partial charge in [-0.05, 0) is 25.3 Å². The number of rotatable bonds is 6. The first kappa shape index (κ1) is 13.5. The highest BCUT2D eigenvalue weighted by atomic mass is 35.5. The summed E-state index contributed by atoms with van der Waals surface area (Å²) in [5.41, 5.74) is 2.08. The van der Waals surface area contributed by atoms with Crippen LogP contribution in [-0.2, 0) is 20.0 Å². The Balaban J connectivity index is 2.50. The molecule has 0 saturated heterocycles. The Hall–Kier alpha value is -0.540. The first-order valence-electron chi connectivity index (χ1n) is 5.97. The van der Waals surface area contributed by atoms with Crippen LogP contribution in [0.3, 0.4) is 0 Å². The second kappa shape index (κ2) is 6.26. The molecule has 0 saturated carbocycles. The number of halogens is 1. The fraction of sp³-hybridized carbons (Fsp3) is 0.750.